The largest absolute Gasteiger partial charge is 0.355 e. The van der Waals surface area contributed by atoms with E-state index in [-0.39, 0.29) is 5.91 Å². The van der Waals surface area contributed by atoms with E-state index in [0.29, 0.717) is 6.42 Å². The maximum Gasteiger partial charge on any atom is 0.241 e. The number of amides is 1. The van der Waals surface area contributed by atoms with Gasteiger partial charge in [0.05, 0.1) is 11.7 Å². The Labute approximate surface area is 107 Å². The Balaban J connectivity index is 2.14. The van der Waals surface area contributed by atoms with E-state index in [9.17, 15) is 4.79 Å². The van der Waals surface area contributed by atoms with Crippen molar-refractivity contribution in [2.24, 2.45) is 5.73 Å². The van der Waals surface area contributed by atoms with E-state index >= 15 is 0 Å². The Morgan fingerprint density at radius 1 is 1.56 bits per heavy atom. The maximum atomic E-state index is 11.8. The minimum Gasteiger partial charge on any atom is -0.355 e. The van der Waals surface area contributed by atoms with Crippen LogP contribution < -0.4 is 16.0 Å². The molecular weight excluding hydrogens is 228 g/mol. The molecule has 0 bridgehead atoms. The fourth-order valence-corrected chi connectivity index (χ4v) is 2.09. The SMILES string of the molecule is CCC(N)C(=O)Nc1cccnc1N1CCCC1. The summed E-state index contributed by atoms with van der Waals surface area (Å²) in [7, 11) is 0. The van der Waals surface area contributed by atoms with E-state index < -0.39 is 6.04 Å². The lowest BCUT2D eigenvalue weighted by atomic mass is 10.2. The first kappa shape index (κ1) is 12.8. The van der Waals surface area contributed by atoms with Crippen LogP contribution in [0.4, 0.5) is 11.5 Å². The van der Waals surface area contributed by atoms with Gasteiger partial charge in [-0.25, -0.2) is 4.98 Å². The summed E-state index contributed by atoms with van der Waals surface area (Å²) in [5.41, 5.74) is 6.48. The second-order valence-electron chi connectivity index (χ2n) is 4.57. The molecular formula is C13H20N4O. The van der Waals surface area contributed by atoms with Crippen molar-refractivity contribution >= 4 is 17.4 Å². The van der Waals surface area contributed by atoms with Crippen LogP contribution in [0.5, 0.6) is 0 Å². The molecule has 18 heavy (non-hydrogen) atoms. The lowest BCUT2D eigenvalue weighted by molar-refractivity contribution is -0.117. The van der Waals surface area contributed by atoms with Gasteiger partial charge >= 0.3 is 0 Å². The molecule has 1 saturated heterocycles. The highest BCUT2D eigenvalue weighted by molar-refractivity contribution is 5.97. The molecule has 0 saturated carbocycles. The van der Waals surface area contributed by atoms with Crippen molar-refractivity contribution in [2.45, 2.75) is 32.2 Å². The molecule has 0 aromatic carbocycles. The number of hydrogen-bond donors (Lipinski definition) is 2. The van der Waals surface area contributed by atoms with Crippen LogP contribution in [-0.4, -0.2) is 30.0 Å². The van der Waals surface area contributed by atoms with Crippen LogP contribution in [0, 0.1) is 0 Å². The quantitative estimate of drug-likeness (QED) is 0.844. The summed E-state index contributed by atoms with van der Waals surface area (Å²) in [6.45, 7) is 3.90. The molecule has 2 heterocycles. The monoisotopic (exact) mass is 248 g/mol. The second-order valence-corrected chi connectivity index (χ2v) is 4.57. The summed E-state index contributed by atoms with van der Waals surface area (Å²) in [6.07, 6.45) is 4.74. The van der Waals surface area contributed by atoms with Gasteiger partial charge in [-0.1, -0.05) is 6.92 Å². The van der Waals surface area contributed by atoms with Gasteiger partial charge in [-0.3, -0.25) is 4.79 Å². The van der Waals surface area contributed by atoms with Gasteiger partial charge < -0.3 is 16.0 Å². The van der Waals surface area contributed by atoms with E-state index in [4.69, 9.17) is 5.73 Å². The predicted molar refractivity (Wildman–Crippen MR) is 72.6 cm³/mol. The van der Waals surface area contributed by atoms with Crippen molar-refractivity contribution in [3.63, 3.8) is 0 Å². The first-order valence-corrected chi connectivity index (χ1v) is 6.48. The van der Waals surface area contributed by atoms with E-state index in [1.54, 1.807) is 6.20 Å². The summed E-state index contributed by atoms with van der Waals surface area (Å²) in [4.78, 5) is 18.4. The van der Waals surface area contributed by atoms with E-state index in [1.807, 2.05) is 19.1 Å². The third-order valence-corrected chi connectivity index (χ3v) is 3.23. The van der Waals surface area contributed by atoms with E-state index in [2.05, 4.69) is 15.2 Å². The number of pyridine rings is 1. The lowest BCUT2D eigenvalue weighted by Gasteiger charge is -2.20. The number of aromatic nitrogens is 1. The average molecular weight is 248 g/mol. The Bertz CT molecular complexity index is 415. The average Bonchev–Trinajstić information content (AvgIpc) is 2.92. The number of rotatable bonds is 4. The molecule has 5 heteroatoms. The van der Waals surface area contributed by atoms with Gasteiger partial charge in [-0.05, 0) is 31.4 Å². The number of nitrogens with one attached hydrogen (secondary N) is 1. The standard InChI is InChI=1S/C13H20N4O/c1-2-10(14)13(18)16-11-6-5-7-15-12(11)17-8-3-4-9-17/h5-7,10H,2-4,8-9,14H2,1H3,(H,16,18). The van der Waals surface area contributed by atoms with Crippen LogP contribution in [-0.2, 0) is 4.79 Å². The van der Waals surface area contributed by atoms with Crippen molar-refractivity contribution in [2.75, 3.05) is 23.3 Å². The molecule has 1 unspecified atom stereocenters. The van der Waals surface area contributed by atoms with Crippen LogP contribution in [0.1, 0.15) is 26.2 Å². The molecule has 1 aliphatic heterocycles. The fraction of sp³-hybridized carbons (Fsp3) is 0.538. The Kier molecular flexibility index (Phi) is 4.15. The molecule has 1 fully saturated rings. The van der Waals surface area contributed by atoms with E-state index in [0.717, 1.165) is 24.6 Å². The molecule has 1 aromatic rings. The minimum absolute atomic E-state index is 0.147. The fourth-order valence-electron chi connectivity index (χ4n) is 2.09. The van der Waals surface area contributed by atoms with Crippen LogP contribution in [0.15, 0.2) is 18.3 Å². The van der Waals surface area contributed by atoms with Crippen molar-refractivity contribution in [3.05, 3.63) is 18.3 Å². The maximum absolute atomic E-state index is 11.8. The van der Waals surface area contributed by atoms with Crippen molar-refractivity contribution in [1.29, 1.82) is 0 Å². The first-order valence-electron chi connectivity index (χ1n) is 6.48. The zero-order chi connectivity index (χ0) is 13.0. The zero-order valence-electron chi connectivity index (χ0n) is 10.7. The summed E-state index contributed by atoms with van der Waals surface area (Å²) < 4.78 is 0. The number of nitrogens with zero attached hydrogens (tertiary/aromatic N) is 2. The summed E-state index contributed by atoms with van der Waals surface area (Å²) >= 11 is 0. The lowest BCUT2D eigenvalue weighted by Crippen LogP contribution is -2.35. The molecule has 3 N–H and O–H groups in total. The highest BCUT2D eigenvalue weighted by atomic mass is 16.2. The summed E-state index contributed by atoms with van der Waals surface area (Å²) in [6, 6.07) is 3.24. The van der Waals surface area contributed by atoms with Gasteiger partial charge in [0.15, 0.2) is 5.82 Å². The molecule has 2 rings (SSSR count). The summed E-state index contributed by atoms with van der Waals surface area (Å²) in [5, 5.41) is 2.87. The molecule has 0 radical (unpaired) electrons. The molecule has 1 aliphatic rings. The minimum atomic E-state index is -0.461. The van der Waals surface area contributed by atoms with Gasteiger partial charge in [-0.15, -0.1) is 0 Å². The van der Waals surface area contributed by atoms with E-state index in [1.165, 1.54) is 12.8 Å². The third kappa shape index (κ3) is 2.79. The van der Waals surface area contributed by atoms with Crippen molar-refractivity contribution < 1.29 is 4.79 Å². The van der Waals surface area contributed by atoms with Crippen molar-refractivity contribution in [1.82, 2.24) is 4.98 Å². The van der Waals surface area contributed by atoms with Gasteiger partial charge in [0.2, 0.25) is 5.91 Å². The highest BCUT2D eigenvalue weighted by Gasteiger charge is 2.19. The molecule has 5 nitrogen and oxygen atoms in total. The molecule has 98 valence electrons. The molecule has 1 aromatic heterocycles. The normalized spacial score (nSPS) is 16.7. The molecule has 1 amide bonds. The van der Waals surface area contributed by atoms with Crippen LogP contribution in [0.25, 0.3) is 0 Å². The Morgan fingerprint density at radius 3 is 2.94 bits per heavy atom. The molecule has 1 atom stereocenters. The van der Waals surface area contributed by atoms with Crippen LogP contribution in [0.3, 0.4) is 0 Å². The number of carbonyl (C=O) groups is 1. The number of carbonyl (C=O) groups excluding carboxylic acids is 1. The second kappa shape index (κ2) is 5.82. The van der Waals surface area contributed by atoms with Crippen LogP contribution in [0.2, 0.25) is 0 Å². The van der Waals surface area contributed by atoms with Crippen LogP contribution >= 0.6 is 0 Å². The third-order valence-electron chi connectivity index (χ3n) is 3.23. The predicted octanol–water partition coefficient (Wildman–Crippen LogP) is 1.36. The molecule has 0 spiro atoms. The smallest absolute Gasteiger partial charge is 0.241 e. The summed E-state index contributed by atoms with van der Waals surface area (Å²) in [5.74, 6) is 0.706. The Morgan fingerprint density at radius 2 is 2.28 bits per heavy atom. The van der Waals surface area contributed by atoms with Gasteiger partial charge in [0, 0.05) is 19.3 Å². The highest BCUT2D eigenvalue weighted by Crippen LogP contribution is 2.26. The first-order chi connectivity index (χ1) is 8.72. The van der Waals surface area contributed by atoms with Gasteiger partial charge in [0.1, 0.15) is 0 Å². The Hall–Kier alpha value is -1.62. The number of hydrogen-bond acceptors (Lipinski definition) is 4. The number of anilines is 2. The van der Waals surface area contributed by atoms with Gasteiger partial charge in [0.25, 0.3) is 0 Å². The van der Waals surface area contributed by atoms with Crippen molar-refractivity contribution in [3.8, 4) is 0 Å². The molecule has 0 aliphatic carbocycles. The topological polar surface area (TPSA) is 71.2 Å². The zero-order valence-corrected chi connectivity index (χ0v) is 10.7. The van der Waals surface area contributed by atoms with Gasteiger partial charge in [-0.2, -0.15) is 0 Å². The number of nitrogens with two attached hydrogens (primary N) is 1.